The second-order valence-corrected chi connectivity index (χ2v) is 4.77. The van der Waals surface area contributed by atoms with E-state index in [9.17, 15) is 10.1 Å². The molecule has 2 aromatic rings. The lowest BCUT2D eigenvalue weighted by molar-refractivity contribution is 0.409. The van der Waals surface area contributed by atoms with Crippen molar-refractivity contribution in [2.45, 2.75) is 6.42 Å². The molecule has 22 heavy (non-hydrogen) atoms. The van der Waals surface area contributed by atoms with E-state index in [2.05, 4.69) is 6.07 Å². The normalized spacial score (nSPS) is 16.9. The van der Waals surface area contributed by atoms with E-state index < -0.39 is 11.5 Å². The first-order chi connectivity index (χ1) is 10.7. The van der Waals surface area contributed by atoms with E-state index in [0.29, 0.717) is 11.2 Å². The molecule has 1 aliphatic rings. The lowest BCUT2D eigenvalue weighted by Crippen LogP contribution is -2.12. The van der Waals surface area contributed by atoms with Crippen molar-refractivity contribution in [1.29, 1.82) is 10.5 Å². The Morgan fingerprint density at radius 3 is 2.82 bits per heavy atom. The van der Waals surface area contributed by atoms with Crippen LogP contribution in [0.15, 0.2) is 57.5 Å². The average Bonchev–Trinajstić information content (AvgIpc) is 2.55. The fourth-order valence-electron chi connectivity index (χ4n) is 2.26. The number of fused-ring (bicyclic) bond motifs is 1. The van der Waals surface area contributed by atoms with Gasteiger partial charge in [-0.2, -0.15) is 10.5 Å². The zero-order valence-corrected chi connectivity index (χ0v) is 11.4. The summed E-state index contributed by atoms with van der Waals surface area (Å²) in [5, 5.41) is 18.7. The van der Waals surface area contributed by atoms with Crippen LogP contribution < -0.4 is 5.63 Å². The number of para-hydroxylation sites is 1. The van der Waals surface area contributed by atoms with Gasteiger partial charge in [-0.15, -0.1) is 0 Å². The summed E-state index contributed by atoms with van der Waals surface area (Å²) >= 11 is 0. The maximum absolute atomic E-state index is 12.1. The number of allylic oxidation sites excluding steroid dienone is 2. The zero-order chi connectivity index (χ0) is 15.5. The second kappa shape index (κ2) is 5.59. The number of rotatable bonds is 2. The van der Waals surface area contributed by atoms with Crippen LogP contribution in [0.3, 0.4) is 0 Å². The summed E-state index contributed by atoms with van der Waals surface area (Å²) in [6, 6.07) is 12.9. The Hall–Kier alpha value is -3.31. The maximum Gasteiger partial charge on any atom is 0.347 e. The summed E-state index contributed by atoms with van der Waals surface area (Å²) in [6.07, 6.45) is 3.00. The lowest BCUT2D eigenvalue weighted by atomic mass is 9.96. The van der Waals surface area contributed by atoms with Crippen LogP contribution in [0.2, 0.25) is 0 Å². The third-order valence-corrected chi connectivity index (χ3v) is 3.38. The van der Waals surface area contributed by atoms with Gasteiger partial charge in [0.15, 0.2) is 0 Å². The SMILES string of the molecule is N#CCC1=COC(c2cc3ccccc3oc2=O)=CC1C#N. The van der Waals surface area contributed by atoms with Crippen LogP contribution in [-0.4, -0.2) is 0 Å². The van der Waals surface area contributed by atoms with Crippen molar-refractivity contribution < 1.29 is 9.15 Å². The van der Waals surface area contributed by atoms with Crippen LogP contribution in [0.4, 0.5) is 0 Å². The predicted octanol–water partition coefficient (Wildman–Crippen LogP) is 3.10. The minimum Gasteiger partial charge on any atom is -0.464 e. The van der Waals surface area contributed by atoms with Crippen molar-refractivity contribution in [3.05, 3.63) is 64.2 Å². The molecule has 0 radical (unpaired) electrons. The number of hydrogen-bond acceptors (Lipinski definition) is 5. The topological polar surface area (TPSA) is 87.0 Å². The molecule has 0 aliphatic carbocycles. The number of ether oxygens (including phenoxy) is 1. The Balaban J connectivity index is 2.06. The van der Waals surface area contributed by atoms with Gasteiger partial charge in [-0.25, -0.2) is 4.79 Å². The summed E-state index contributed by atoms with van der Waals surface area (Å²) in [7, 11) is 0. The fraction of sp³-hybridized carbons (Fsp3) is 0.118. The molecule has 1 atom stereocenters. The van der Waals surface area contributed by atoms with Gasteiger partial charge in [0.25, 0.3) is 0 Å². The highest BCUT2D eigenvalue weighted by molar-refractivity contribution is 5.80. The first kappa shape index (κ1) is 13.7. The van der Waals surface area contributed by atoms with Gasteiger partial charge in [-0.1, -0.05) is 18.2 Å². The summed E-state index contributed by atoms with van der Waals surface area (Å²) in [5.41, 5.74) is 0.786. The predicted molar refractivity (Wildman–Crippen MR) is 79.0 cm³/mol. The molecule has 106 valence electrons. The summed E-state index contributed by atoms with van der Waals surface area (Å²) in [4.78, 5) is 12.1. The summed E-state index contributed by atoms with van der Waals surface area (Å²) in [5.74, 6) is -0.318. The summed E-state index contributed by atoms with van der Waals surface area (Å²) < 4.78 is 10.7. The van der Waals surface area contributed by atoms with Gasteiger partial charge in [0.2, 0.25) is 0 Å². The fourth-order valence-corrected chi connectivity index (χ4v) is 2.26. The molecule has 1 unspecified atom stereocenters. The van der Waals surface area contributed by atoms with Crippen LogP contribution >= 0.6 is 0 Å². The first-order valence-corrected chi connectivity index (χ1v) is 6.60. The van der Waals surface area contributed by atoms with E-state index >= 15 is 0 Å². The van der Waals surface area contributed by atoms with Crippen molar-refractivity contribution in [3.63, 3.8) is 0 Å². The number of nitriles is 2. The third kappa shape index (κ3) is 2.36. The van der Waals surface area contributed by atoms with Gasteiger partial charge < -0.3 is 9.15 Å². The van der Waals surface area contributed by atoms with E-state index in [-0.39, 0.29) is 17.7 Å². The minimum atomic E-state index is -0.589. The van der Waals surface area contributed by atoms with Gasteiger partial charge in [-0.05, 0) is 18.2 Å². The Labute approximate surface area is 126 Å². The molecule has 2 heterocycles. The highest BCUT2D eigenvalue weighted by atomic mass is 16.5. The van der Waals surface area contributed by atoms with E-state index in [0.717, 1.165) is 5.39 Å². The summed E-state index contributed by atoms with van der Waals surface area (Å²) in [6.45, 7) is 0. The van der Waals surface area contributed by atoms with Gasteiger partial charge >= 0.3 is 5.63 Å². The molecule has 0 bridgehead atoms. The second-order valence-electron chi connectivity index (χ2n) is 4.77. The maximum atomic E-state index is 12.1. The van der Waals surface area contributed by atoms with Crippen molar-refractivity contribution >= 4 is 16.7 Å². The van der Waals surface area contributed by atoms with Crippen molar-refractivity contribution in [1.82, 2.24) is 0 Å². The Morgan fingerprint density at radius 2 is 2.05 bits per heavy atom. The third-order valence-electron chi connectivity index (χ3n) is 3.38. The molecule has 5 nitrogen and oxygen atoms in total. The molecule has 3 rings (SSSR count). The van der Waals surface area contributed by atoms with E-state index in [4.69, 9.17) is 14.4 Å². The molecule has 0 amide bonds. The Morgan fingerprint density at radius 1 is 1.23 bits per heavy atom. The molecule has 0 saturated heterocycles. The average molecular weight is 290 g/mol. The van der Waals surface area contributed by atoms with E-state index in [1.165, 1.54) is 12.3 Å². The molecule has 0 N–H and O–H groups in total. The van der Waals surface area contributed by atoms with Gasteiger partial charge in [0.05, 0.1) is 30.7 Å². The molecule has 5 heteroatoms. The van der Waals surface area contributed by atoms with Crippen molar-refractivity contribution in [2.24, 2.45) is 5.92 Å². The molecular weight excluding hydrogens is 280 g/mol. The molecular formula is C17H10N2O3. The molecule has 0 saturated carbocycles. The first-order valence-electron chi connectivity index (χ1n) is 6.60. The molecule has 1 aromatic carbocycles. The lowest BCUT2D eigenvalue weighted by Gasteiger charge is -2.16. The van der Waals surface area contributed by atoms with Crippen LogP contribution in [0, 0.1) is 28.6 Å². The monoisotopic (exact) mass is 290 g/mol. The quantitative estimate of drug-likeness (QED) is 0.793. The van der Waals surface area contributed by atoms with Crippen LogP contribution in [0.1, 0.15) is 12.0 Å². The molecule has 0 fully saturated rings. The van der Waals surface area contributed by atoms with E-state index in [1.807, 2.05) is 18.2 Å². The van der Waals surface area contributed by atoms with Gasteiger partial charge in [0, 0.05) is 11.0 Å². The van der Waals surface area contributed by atoms with Gasteiger partial charge in [0.1, 0.15) is 16.9 Å². The number of hydrogen-bond donors (Lipinski definition) is 0. The van der Waals surface area contributed by atoms with Crippen LogP contribution in [0.5, 0.6) is 0 Å². The Bertz CT molecular complexity index is 939. The largest absolute Gasteiger partial charge is 0.464 e. The smallest absolute Gasteiger partial charge is 0.347 e. The van der Waals surface area contributed by atoms with Crippen molar-refractivity contribution in [3.8, 4) is 12.1 Å². The highest BCUT2D eigenvalue weighted by Crippen LogP contribution is 2.28. The standard InChI is InChI=1S/C17H10N2O3/c18-6-5-12-10-21-16(8-13(12)9-19)14-7-11-3-1-2-4-15(11)22-17(14)20/h1-4,7-8,10,13H,5H2. The molecule has 1 aliphatic heterocycles. The van der Waals surface area contributed by atoms with E-state index in [1.54, 1.807) is 18.2 Å². The molecule has 0 spiro atoms. The highest BCUT2D eigenvalue weighted by Gasteiger charge is 2.21. The van der Waals surface area contributed by atoms with Crippen LogP contribution in [-0.2, 0) is 4.74 Å². The Kier molecular flexibility index (Phi) is 3.47. The zero-order valence-electron chi connectivity index (χ0n) is 11.4. The minimum absolute atomic E-state index is 0.105. The number of benzene rings is 1. The molecule has 1 aromatic heterocycles. The van der Waals surface area contributed by atoms with Crippen LogP contribution in [0.25, 0.3) is 16.7 Å². The van der Waals surface area contributed by atoms with Crippen molar-refractivity contribution in [2.75, 3.05) is 0 Å². The van der Waals surface area contributed by atoms with Gasteiger partial charge in [-0.3, -0.25) is 0 Å². The number of nitrogens with zero attached hydrogens (tertiary/aromatic N) is 2.